The number of rotatable bonds is 19. The third-order valence-electron chi connectivity index (χ3n) is 8.10. The number of hydrogen-bond donors (Lipinski definition) is 6. The lowest BCUT2D eigenvalue weighted by molar-refractivity contribution is -0.144. The number of nitrogens with zero attached hydrogens (tertiary/aromatic N) is 1. The minimum absolute atomic E-state index is 0.131. The SMILES string of the molecule is CN[C@@H](Cc1ccccc1)C(=O)N[C@@H](CCCCN)C(=O)N1CCC[C@H]1C(=O)N[C@@H](CC(=O)O)C(=O)N[C@H]([C]=O)Cc1ccccc1. The number of likely N-dealkylation sites (tertiary alicyclic amines) is 1. The Kier molecular flexibility index (Phi) is 15.0. The molecule has 1 fully saturated rings. The Morgan fingerprint density at radius 3 is 2.06 bits per heavy atom. The zero-order valence-electron chi connectivity index (χ0n) is 26.7. The monoisotopic (exact) mass is 649 g/mol. The Morgan fingerprint density at radius 1 is 0.872 bits per heavy atom. The summed E-state index contributed by atoms with van der Waals surface area (Å²) in [5.41, 5.74) is 7.38. The van der Waals surface area contributed by atoms with E-state index in [9.17, 15) is 33.9 Å². The Labute approximate surface area is 275 Å². The number of hydrogen-bond acceptors (Lipinski definition) is 8. The number of carbonyl (C=O) groups excluding carboxylic acids is 5. The minimum atomic E-state index is -1.50. The van der Waals surface area contributed by atoms with Gasteiger partial charge in [-0.2, -0.15) is 0 Å². The van der Waals surface area contributed by atoms with Crippen LogP contribution in [0.15, 0.2) is 60.7 Å². The van der Waals surface area contributed by atoms with Crippen LogP contribution >= 0.6 is 0 Å². The minimum Gasteiger partial charge on any atom is -0.481 e. The van der Waals surface area contributed by atoms with E-state index >= 15 is 0 Å². The maximum Gasteiger partial charge on any atom is 0.305 e. The van der Waals surface area contributed by atoms with Crippen molar-refractivity contribution < 1.29 is 33.9 Å². The number of unbranched alkanes of at least 4 members (excludes halogenated alkanes) is 1. The van der Waals surface area contributed by atoms with Crippen molar-refractivity contribution >= 4 is 35.9 Å². The molecule has 0 aromatic heterocycles. The molecular formula is C34H45N6O7. The fourth-order valence-electron chi connectivity index (χ4n) is 5.60. The molecule has 47 heavy (non-hydrogen) atoms. The highest BCUT2D eigenvalue weighted by Crippen LogP contribution is 2.21. The van der Waals surface area contributed by atoms with Gasteiger partial charge in [0.05, 0.1) is 18.5 Å². The van der Waals surface area contributed by atoms with Gasteiger partial charge in [0.15, 0.2) is 0 Å². The van der Waals surface area contributed by atoms with Crippen LogP contribution in [0.4, 0.5) is 0 Å². The Hall–Kier alpha value is -4.62. The molecule has 7 N–H and O–H groups in total. The fourth-order valence-corrected chi connectivity index (χ4v) is 5.60. The van der Waals surface area contributed by atoms with Crippen molar-refractivity contribution in [1.29, 1.82) is 0 Å². The molecule has 253 valence electrons. The molecule has 0 bridgehead atoms. The molecule has 0 aliphatic carbocycles. The molecule has 3 rings (SSSR count). The van der Waals surface area contributed by atoms with Crippen LogP contribution in [0, 0.1) is 0 Å². The number of likely N-dealkylation sites (N-methyl/N-ethyl adjacent to an activating group) is 1. The zero-order chi connectivity index (χ0) is 34.2. The predicted octanol–water partition coefficient (Wildman–Crippen LogP) is 0.219. The van der Waals surface area contributed by atoms with Gasteiger partial charge in [0.1, 0.15) is 18.1 Å². The molecule has 13 nitrogen and oxygen atoms in total. The van der Waals surface area contributed by atoms with E-state index in [0.29, 0.717) is 38.6 Å². The standard InChI is InChI=1S/C34H45N6O7/c1-36-27(20-24-13-6-3-7-14-24)31(44)38-26(15-8-9-17-35)34(47)40-18-10-16-29(40)33(46)39-28(21-30(42)43)32(45)37-25(22-41)19-23-11-4-2-5-12-23/h2-7,11-14,25-29,36H,8-10,15-21,35H2,1H3,(H,37,45)(H,38,44)(H,39,46)(H,42,43)/t25-,26-,27-,28-,29-/m0/s1. The smallest absolute Gasteiger partial charge is 0.305 e. The molecule has 2 aromatic carbocycles. The van der Waals surface area contributed by atoms with Gasteiger partial charge in [-0.3, -0.25) is 28.8 Å². The average molecular weight is 650 g/mol. The summed E-state index contributed by atoms with van der Waals surface area (Å²) < 4.78 is 0. The van der Waals surface area contributed by atoms with Gasteiger partial charge in [-0.15, -0.1) is 0 Å². The lowest BCUT2D eigenvalue weighted by Gasteiger charge is -2.30. The Bertz CT molecular complexity index is 1340. The van der Waals surface area contributed by atoms with E-state index in [1.807, 2.05) is 30.3 Å². The predicted molar refractivity (Wildman–Crippen MR) is 175 cm³/mol. The number of nitrogens with two attached hydrogens (primary N) is 1. The van der Waals surface area contributed by atoms with E-state index in [0.717, 1.165) is 11.1 Å². The molecule has 4 amide bonds. The first-order valence-electron chi connectivity index (χ1n) is 15.9. The third kappa shape index (κ3) is 11.6. The number of aliphatic carboxylic acids is 1. The summed E-state index contributed by atoms with van der Waals surface area (Å²) in [6, 6.07) is 13.3. The number of carbonyl (C=O) groups is 5. The largest absolute Gasteiger partial charge is 0.481 e. The van der Waals surface area contributed by atoms with Crippen LogP contribution in [0.2, 0.25) is 0 Å². The van der Waals surface area contributed by atoms with Gasteiger partial charge < -0.3 is 37.0 Å². The summed E-state index contributed by atoms with van der Waals surface area (Å²) in [6.07, 6.45) is 3.85. The molecule has 1 heterocycles. The van der Waals surface area contributed by atoms with Crippen LogP contribution in [0.5, 0.6) is 0 Å². The highest BCUT2D eigenvalue weighted by Gasteiger charge is 2.39. The molecule has 1 saturated heterocycles. The second kappa shape index (κ2) is 19.1. The van der Waals surface area contributed by atoms with Crippen LogP contribution in [0.3, 0.4) is 0 Å². The van der Waals surface area contributed by atoms with E-state index in [4.69, 9.17) is 5.73 Å². The highest BCUT2D eigenvalue weighted by atomic mass is 16.4. The van der Waals surface area contributed by atoms with Crippen molar-refractivity contribution in [3.05, 3.63) is 71.8 Å². The first-order valence-corrected chi connectivity index (χ1v) is 15.9. The van der Waals surface area contributed by atoms with E-state index in [2.05, 4.69) is 21.3 Å². The second-order valence-corrected chi connectivity index (χ2v) is 11.6. The normalized spacial score (nSPS) is 16.7. The fraction of sp³-hybridized carbons (Fsp3) is 0.471. The number of carboxylic acid groups (broad SMARTS) is 1. The zero-order valence-corrected chi connectivity index (χ0v) is 26.7. The molecule has 2 aromatic rings. The van der Waals surface area contributed by atoms with Crippen LogP contribution in [0.25, 0.3) is 0 Å². The number of benzene rings is 2. The number of amides is 4. The molecule has 13 heteroatoms. The summed E-state index contributed by atoms with van der Waals surface area (Å²) in [5.74, 6) is -3.70. The van der Waals surface area contributed by atoms with Crippen LogP contribution in [-0.4, -0.2) is 96.2 Å². The summed E-state index contributed by atoms with van der Waals surface area (Å²) in [5, 5.41) is 20.3. The van der Waals surface area contributed by atoms with Gasteiger partial charge >= 0.3 is 5.97 Å². The lowest BCUT2D eigenvalue weighted by atomic mass is 10.0. The van der Waals surface area contributed by atoms with Gasteiger partial charge in [0.2, 0.25) is 29.9 Å². The summed E-state index contributed by atoms with van der Waals surface area (Å²) in [4.78, 5) is 78.4. The van der Waals surface area contributed by atoms with E-state index in [1.165, 1.54) is 4.90 Å². The van der Waals surface area contributed by atoms with Crippen LogP contribution in [0.1, 0.15) is 49.7 Å². The maximum absolute atomic E-state index is 13.9. The van der Waals surface area contributed by atoms with Crippen molar-refractivity contribution in [1.82, 2.24) is 26.2 Å². The quantitative estimate of drug-likeness (QED) is 0.115. The summed E-state index contributed by atoms with van der Waals surface area (Å²) in [7, 11) is 1.67. The van der Waals surface area contributed by atoms with Crippen LogP contribution in [-0.2, 0) is 41.6 Å². The van der Waals surface area contributed by atoms with Crippen LogP contribution < -0.4 is 27.0 Å². The summed E-state index contributed by atoms with van der Waals surface area (Å²) in [6.45, 7) is 0.659. The maximum atomic E-state index is 13.9. The molecule has 0 saturated carbocycles. The Balaban J connectivity index is 1.71. The summed E-state index contributed by atoms with van der Waals surface area (Å²) >= 11 is 0. The average Bonchev–Trinajstić information content (AvgIpc) is 3.57. The van der Waals surface area contributed by atoms with Crippen molar-refractivity contribution in [2.45, 2.75) is 81.6 Å². The topological polar surface area (TPSA) is 200 Å². The van der Waals surface area contributed by atoms with E-state index in [-0.39, 0.29) is 25.3 Å². The number of carboxylic acids is 1. The van der Waals surface area contributed by atoms with Gasteiger partial charge in [-0.25, -0.2) is 0 Å². The molecule has 1 radical (unpaired) electrons. The van der Waals surface area contributed by atoms with E-state index in [1.54, 1.807) is 43.7 Å². The molecule has 0 unspecified atom stereocenters. The van der Waals surface area contributed by atoms with Crippen molar-refractivity contribution in [2.24, 2.45) is 5.73 Å². The lowest BCUT2D eigenvalue weighted by Crippen LogP contribution is -2.58. The molecule has 5 atom stereocenters. The Morgan fingerprint density at radius 2 is 1.49 bits per heavy atom. The first-order chi connectivity index (χ1) is 22.7. The second-order valence-electron chi connectivity index (χ2n) is 11.6. The van der Waals surface area contributed by atoms with Gasteiger partial charge in [-0.1, -0.05) is 60.7 Å². The van der Waals surface area contributed by atoms with Gasteiger partial charge in [-0.05, 0) is 63.2 Å². The third-order valence-corrected chi connectivity index (χ3v) is 8.10. The highest BCUT2D eigenvalue weighted by molar-refractivity contribution is 5.96. The van der Waals surface area contributed by atoms with Crippen molar-refractivity contribution in [3.8, 4) is 0 Å². The molecular weight excluding hydrogens is 604 g/mol. The van der Waals surface area contributed by atoms with Crippen molar-refractivity contribution in [3.63, 3.8) is 0 Å². The number of nitrogens with one attached hydrogen (secondary N) is 4. The van der Waals surface area contributed by atoms with Gasteiger partial charge in [0, 0.05) is 13.0 Å². The van der Waals surface area contributed by atoms with Gasteiger partial charge in [0.25, 0.3) is 0 Å². The molecule has 1 aliphatic heterocycles. The molecule has 1 aliphatic rings. The van der Waals surface area contributed by atoms with E-state index < -0.39 is 60.3 Å². The molecule has 0 spiro atoms. The first kappa shape index (κ1) is 36.8. The van der Waals surface area contributed by atoms with Crippen molar-refractivity contribution in [2.75, 3.05) is 20.1 Å².